The first-order valence-electron chi connectivity index (χ1n) is 8.51. The maximum atomic E-state index is 14.2. The smallest absolute Gasteiger partial charge is 0.280 e. The van der Waals surface area contributed by atoms with Crippen LogP contribution < -0.4 is 9.75 Å². The molecule has 0 radical (unpaired) electrons. The summed E-state index contributed by atoms with van der Waals surface area (Å²) in [7, 11) is 1.55. The molecule has 0 spiro atoms. The predicted octanol–water partition coefficient (Wildman–Crippen LogP) is 4.92. The number of carbonyl (C=O) groups is 1. The average molecular weight is 404 g/mol. The average Bonchev–Trinajstić information content (AvgIpc) is 2.99. The standard InChI is InChI=1S/C21H16F4N2O2/c1-11-16(22)18(24)20(19(25)17(11)23)27-21(28)15(12(2)26-27)6-4-5-13-7-9-14(29-3)10-8-13/h4-10H,1-3H3/b5-4-,15-6-. The first-order valence-corrected chi connectivity index (χ1v) is 8.51. The second-order valence-corrected chi connectivity index (χ2v) is 6.24. The van der Waals surface area contributed by atoms with Crippen LogP contribution in [-0.2, 0) is 4.79 Å². The lowest BCUT2D eigenvalue weighted by atomic mass is 10.1. The van der Waals surface area contributed by atoms with Gasteiger partial charge in [0.1, 0.15) is 11.4 Å². The zero-order valence-electron chi connectivity index (χ0n) is 15.8. The van der Waals surface area contributed by atoms with E-state index in [0.717, 1.165) is 12.5 Å². The third kappa shape index (κ3) is 3.65. The van der Waals surface area contributed by atoms with Crippen LogP contribution in [0.1, 0.15) is 18.1 Å². The molecule has 29 heavy (non-hydrogen) atoms. The first kappa shape index (κ1) is 20.3. The van der Waals surface area contributed by atoms with E-state index in [-0.39, 0.29) is 11.3 Å². The summed E-state index contributed by atoms with van der Waals surface area (Å²) in [6, 6.07) is 7.10. The molecule has 4 nitrogen and oxygen atoms in total. The number of hydrazone groups is 1. The van der Waals surface area contributed by atoms with E-state index >= 15 is 0 Å². The minimum Gasteiger partial charge on any atom is -0.497 e. The summed E-state index contributed by atoms with van der Waals surface area (Å²) in [6.45, 7) is 2.35. The van der Waals surface area contributed by atoms with Crippen LogP contribution in [0.2, 0.25) is 0 Å². The number of anilines is 1. The molecule has 8 heteroatoms. The monoisotopic (exact) mass is 404 g/mol. The van der Waals surface area contributed by atoms with E-state index in [9.17, 15) is 22.4 Å². The Kier molecular flexibility index (Phi) is 5.54. The van der Waals surface area contributed by atoms with Gasteiger partial charge in [0, 0.05) is 5.56 Å². The molecule has 2 aromatic rings. The van der Waals surface area contributed by atoms with Gasteiger partial charge in [-0.15, -0.1) is 0 Å². The van der Waals surface area contributed by atoms with Gasteiger partial charge in [-0.3, -0.25) is 4.79 Å². The van der Waals surface area contributed by atoms with Crippen molar-refractivity contribution in [3.8, 4) is 5.75 Å². The van der Waals surface area contributed by atoms with E-state index in [1.54, 1.807) is 43.5 Å². The summed E-state index contributed by atoms with van der Waals surface area (Å²) in [6.07, 6.45) is 4.66. The van der Waals surface area contributed by atoms with E-state index in [1.807, 2.05) is 0 Å². The molecule has 3 rings (SSSR count). The Morgan fingerprint density at radius 2 is 1.55 bits per heavy atom. The third-order valence-electron chi connectivity index (χ3n) is 4.40. The normalized spacial score (nSPS) is 15.6. The Hall–Kier alpha value is -3.42. The van der Waals surface area contributed by atoms with Gasteiger partial charge in [-0.1, -0.05) is 24.3 Å². The number of ether oxygens (including phenoxy) is 1. The van der Waals surface area contributed by atoms with Gasteiger partial charge in [-0.05, 0) is 37.6 Å². The summed E-state index contributed by atoms with van der Waals surface area (Å²) < 4.78 is 61.2. The molecule has 0 aliphatic carbocycles. The molecule has 0 bridgehead atoms. The second kappa shape index (κ2) is 7.90. The van der Waals surface area contributed by atoms with Crippen molar-refractivity contribution in [3.63, 3.8) is 0 Å². The highest BCUT2D eigenvalue weighted by Gasteiger charge is 2.35. The van der Waals surface area contributed by atoms with Crippen molar-refractivity contribution in [3.05, 3.63) is 76.4 Å². The van der Waals surface area contributed by atoms with E-state index in [2.05, 4.69) is 5.10 Å². The van der Waals surface area contributed by atoms with Crippen LogP contribution in [0.4, 0.5) is 23.2 Å². The molecule has 1 heterocycles. The van der Waals surface area contributed by atoms with E-state index < -0.39 is 40.4 Å². The molecule has 150 valence electrons. The molecule has 0 N–H and O–H groups in total. The number of methoxy groups -OCH3 is 1. The van der Waals surface area contributed by atoms with Crippen LogP contribution in [-0.4, -0.2) is 18.7 Å². The molecule has 0 fully saturated rings. The topological polar surface area (TPSA) is 41.9 Å². The maximum Gasteiger partial charge on any atom is 0.280 e. The van der Waals surface area contributed by atoms with Crippen LogP contribution in [0.25, 0.3) is 6.08 Å². The quantitative estimate of drug-likeness (QED) is 0.412. The highest BCUT2D eigenvalue weighted by Crippen LogP contribution is 2.33. The zero-order chi connectivity index (χ0) is 21.3. The fourth-order valence-corrected chi connectivity index (χ4v) is 2.75. The number of rotatable bonds is 4. The lowest BCUT2D eigenvalue weighted by Gasteiger charge is -2.15. The molecule has 0 aromatic heterocycles. The highest BCUT2D eigenvalue weighted by atomic mass is 19.2. The Labute approximate surface area is 164 Å². The zero-order valence-corrected chi connectivity index (χ0v) is 15.8. The molecule has 1 aliphatic heterocycles. The van der Waals surface area contributed by atoms with Crippen LogP contribution in [0.5, 0.6) is 5.75 Å². The van der Waals surface area contributed by atoms with Gasteiger partial charge < -0.3 is 4.74 Å². The second-order valence-electron chi connectivity index (χ2n) is 6.24. The Balaban J connectivity index is 1.91. The van der Waals surface area contributed by atoms with E-state index in [0.29, 0.717) is 10.8 Å². The van der Waals surface area contributed by atoms with Gasteiger partial charge in [0.15, 0.2) is 23.3 Å². The number of benzene rings is 2. The largest absolute Gasteiger partial charge is 0.497 e. The molecular weight excluding hydrogens is 388 g/mol. The molecular formula is C21H16F4N2O2. The molecule has 0 unspecified atom stereocenters. The number of hydrogen-bond acceptors (Lipinski definition) is 3. The molecule has 2 aromatic carbocycles. The summed E-state index contributed by atoms with van der Waals surface area (Å²) in [5.41, 5.74) is -0.990. The lowest BCUT2D eigenvalue weighted by Crippen LogP contribution is -2.25. The number of amides is 1. The van der Waals surface area contributed by atoms with Crippen molar-refractivity contribution in [2.24, 2.45) is 5.10 Å². The third-order valence-corrected chi connectivity index (χ3v) is 4.40. The predicted molar refractivity (Wildman–Crippen MR) is 102 cm³/mol. The van der Waals surface area contributed by atoms with Crippen molar-refractivity contribution in [2.45, 2.75) is 13.8 Å². The van der Waals surface area contributed by atoms with E-state index in [4.69, 9.17) is 4.74 Å². The fourth-order valence-electron chi connectivity index (χ4n) is 2.75. The Morgan fingerprint density at radius 1 is 0.966 bits per heavy atom. The van der Waals surface area contributed by atoms with Crippen LogP contribution >= 0.6 is 0 Å². The van der Waals surface area contributed by atoms with Gasteiger partial charge in [0.05, 0.1) is 18.4 Å². The van der Waals surface area contributed by atoms with Gasteiger partial charge in [-0.2, -0.15) is 10.1 Å². The lowest BCUT2D eigenvalue weighted by molar-refractivity contribution is -0.114. The minimum atomic E-state index is -1.68. The molecule has 1 amide bonds. The van der Waals surface area contributed by atoms with Crippen LogP contribution in [0.15, 0.2) is 47.1 Å². The number of halogens is 4. The number of hydrogen-bond donors (Lipinski definition) is 0. The van der Waals surface area contributed by atoms with Gasteiger partial charge >= 0.3 is 0 Å². The molecule has 0 saturated heterocycles. The summed E-state index contributed by atoms with van der Waals surface area (Å²) >= 11 is 0. The fraction of sp³-hybridized carbons (Fsp3) is 0.143. The van der Waals surface area contributed by atoms with Gasteiger partial charge in [0.25, 0.3) is 5.91 Å². The SMILES string of the molecule is COc1ccc(/C=C\C=C2/C(=O)N(c3c(F)c(F)c(C)c(F)c3F)N=C2C)cc1. The summed E-state index contributed by atoms with van der Waals surface area (Å²) in [5.74, 6) is -6.72. The number of carbonyl (C=O) groups excluding carboxylic acids is 1. The van der Waals surface area contributed by atoms with Crippen molar-refractivity contribution in [2.75, 3.05) is 12.1 Å². The Bertz CT molecular complexity index is 1040. The van der Waals surface area contributed by atoms with Crippen molar-refractivity contribution >= 4 is 23.4 Å². The highest BCUT2D eigenvalue weighted by molar-refractivity contribution is 6.29. The van der Waals surface area contributed by atoms with E-state index in [1.165, 1.54) is 13.0 Å². The summed E-state index contributed by atoms with van der Waals surface area (Å²) in [4.78, 5) is 12.6. The van der Waals surface area contributed by atoms with Gasteiger partial charge in [0.2, 0.25) is 0 Å². The number of nitrogens with zero attached hydrogens (tertiary/aromatic N) is 2. The maximum absolute atomic E-state index is 14.2. The van der Waals surface area contributed by atoms with Gasteiger partial charge in [-0.25, -0.2) is 17.6 Å². The molecule has 0 saturated carbocycles. The molecule has 0 atom stereocenters. The number of allylic oxidation sites excluding steroid dienone is 2. The van der Waals surface area contributed by atoms with Crippen LogP contribution in [0, 0.1) is 30.2 Å². The first-order chi connectivity index (χ1) is 13.8. The summed E-state index contributed by atoms with van der Waals surface area (Å²) in [5, 5.41) is 4.10. The minimum absolute atomic E-state index is 0.0370. The van der Waals surface area contributed by atoms with Crippen molar-refractivity contribution in [1.82, 2.24) is 0 Å². The Morgan fingerprint density at radius 3 is 2.10 bits per heavy atom. The molecule has 1 aliphatic rings. The van der Waals surface area contributed by atoms with Crippen molar-refractivity contribution < 1.29 is 27.1 Å². The van der Waals surface area contributed by atoms with Crippen molar-refractivity contribution in [1.29, 1.82) is 0 Å². The van der Waals surface area contributed by atoms with Crippen LogP contribution in [0.3, 0.4) is 0 Å².